The molecule has 1 fully saturated rings. The lowest BCUT2D eigenvalue weighted by Gasteiger charge is -2.12. The van der Waals surface area contributed by atoms with Crippen LogP contribution in [-0.4, -0.2) is 38.0 Å². The number of hydrogen-bond donors (Lipinski definition) is 0. The molecule has 0 atom stereocenters. The van der Waals surface area contributed by atoms with E-state index < -0.39 is 10.0 Å². The fraction of sp³-hybridized carbons (Fsp3) is 0.111. The minimum Gasteiger partial charge on any atom is -0.493 e. The second-order valence-electron chi connectivity index (χ2n) is 7.80. The van der Waals surface area contributed by atoms with E-state index in [4.69, 9.17) is 9.47 Å². The van der Waals surface area contributed by atoms with Gasteiger partial charge in [-0.25, -0.2) is 0 Å². The van der Waals surface area contributed by atoms with Crippen LogP contribution in [0.25, 0.3) is 6.08 Å². The minimum atomic E-state index is -4.02. The largest absolute Gasteiger partial charge is 0.493 e. The van der Waals surface area contributed by atoms with E-state index in [-0.39, 0.29) is 22.5 Å². The van der Waals surface area contributed by atoms with E-state index in [1.54, 1.807) is 43.5 Å². The molecule has 0 aliphatic carbocycles. The lowest BCUT2D eigenvalue weighted by atomic mass is 10.1. The first-order chi connectivity index (χ1) is 17.8. The van der Waals surface area contributed by atoms with Gasteiger partial charge in [0.1, 0.15) is 6.61 Å². The summed E-state index contributed by atoms with van der Waals surface area (Å²) >= 11 is 4.28. The molecule has 4 rings (SSSR count). The highest BCUT2D eigenvalue weighted by atomic mass is 79.9. The third-order valence-corrected chi connectivity index (χ3v) is 8.16. The van der Waals surface area contributed by atoms with Crippen LogP contribution in [-0.2, 0) is 21.4 Å². The predicted molar refractivity (Wildman–Crippen MR) is 150 cm³/mol. The summed E-state index contributed by atoms with van der Waals surface area (Å²) in [6, 6.07) is 21.2. The molecule has 3 aromatic rings. The Kier molecular flexibility index (Phi) is 8.52. The molecule has 0 unspecified atom stereocenters. The predicted octanol–water partition coefficient (Wildman–Crippen LogP) is 5.88. The Bertz CT molecular complexity index is 1470. The summed E-state index contributed by atoms with van der Waals surface area (Å²) in [7, 11) is -2.48. The number of amidine groups is 1. The summed E-state index contributed by atoms with van der Waals surface area (Å²) in [4.78, 5) is 14.8. The Morgan fingerprint density at radius 2 is 1.78 bits per heavy atom. The van der Waals surface area contributed by atoms with Crippen molar-refractivity contribution in [3.63, 3.8) is 0 Å². The zero-order valence-corrected chi connectivity index (χ0v) is 23.1. The van der Waals surface area contributed by atoms with Gasteiger partial charge in [0, 0.05) is 11.0 Å². The van der Waals surface area contributed by atoms with Crippen LogP contribution < -0.4 is 9.47 Å². The molecule has 1 aliphatic heterocycles. The number of amides is 1. The first-order valence-corrected chi connectivity index (χ1v) is 14.1. The second kappa shape index (κ2) is 11.8. The molecule has 3 aromatic carbocycles. The number of methoxy groups -OCH3 is 1. The third kappa shape index (κ3) is 6.51. The van der Waals surface area contributed by atoms with Crippen molar-refractivity contribution in [2.45, 2.75) is 11.5 Å². The van der Waals surface area contributed by atoms with Crippen LogP contribution in [0.5, 0.6) is 11.5 Å². The minimum absolute atomic E-state index is 0.0306. The van der Waals surface area contributed by atoms with Crippen LogP contribution in [0.15, 0.2) is 104 Å². The zero-order chi connectivity index (χ0) is 26.4. The van der Waals surface area contributed by atoms with Crippen LogP contribution in [0, 0.1) is 0 Å². The van der Waals surface area contributed by atoms with Crippen LogP contribution in [0.3, 0.4) is 0 Å². The van der Waals surface area contributed by atoms with Crippen molar-refractivity contribution < 1.29 is 22.7 Å². The standard InChI is InChI=1S/C27H23BrN2O5S2/c1-3-15-30-26(31)25(36-27(30)29-37(32,33)22-12-10-21(28)11-13-22)17-20-9-14-23(24(16-20)34-2)35-18-19-7-5-4-6-8-19/h3-14,16-17H,1,15,18H2,2H3. The third-order valence-electron chi connectivity index (χ3n) is 5.23. The average Bonchev–Trinajstić information content (AvgIpc) is 3.17. The molecule has 0 bridgehead atoms. The van der Waals surface area contributed by atoms with Gasteiger partial charge >= 0.3 is 0 Å². The molecule has 0 N–H and O–H groups in total. The van der Waals surface area contributed by atoms with Crippen molar-refractivity contribution in [3.05, 3.63) is 106 Å². The molecule has 0 aromatic heterocycles. The molecule has 0 saturated carbocycles. The van der Waals surface area contributed by atoms with Crippen molar-refractivity contribution in [3.8, 4) is 11.5 Å². The van der Waals surface area contributed by atoms with Gasteiger partial charge in [0.2, 0.25) is 0 Å². The van der Waals surface area contributed by atoms with E-state index in [1.165, 1.54) is 23.1 Å². The van der Waals surface area contributed by atoms with Gasteiger partial charge in [0.05, 0.1) is 16.9 Å². The number of rotatable bonds is 9. The van der Waals surface area contributed by atoms with E-state index in [9.17, 15) is 13.2 Å². The molecule has 0 radical (unpaired) electrons. The Labute approximate surface area is 228 Å². The number of sulfonamides is 1. The van der Waals surface area contributed by atoms with E-state index in [2.05, 4.69) is 26.9 Å². The number of benzene rings is 3. The van der Waals surface area contributed by atoms with Gasteiger partial charge in [0.15, 0.2) is 16.7 Å². The average molecular weight is 600 g/mol. The maximum absolute atomic E-state index is 13.1. The molecule has 1 aliphatic rings. The highest BCUT2D eigenvalue weighted by molar-refractivity contribution is 9.10. The van der Waals surface area contributed by atoms with Crippen molar-refractivity contribution >= 4 is 54.9 Å². The summed E-state index contributed by atoms with van der Waals surface area (Å²) in [6.45, 7) is 4.18. The summed E-state index contributed by atoms with van der Waals surface area (Å²) in [5.41, 5.74) is 1.71. The number of nitrogens with zero attached hydrogens (tertiary/aromatic N) is 2. The Balaban J connectivity index is 1.59. The first kappa shape index (κ1) is 26.7. The van der Waals surface area contributed by atoms with E-state index >= 15 is 0 Å². The Morgan fingerprint density at radius 1 is 1.05 bits per heavy atom. The topological polar surface area (TPSA) is 85.3 Å². The zero-order valence-electron chi connectivity index (χ0n) is 19.8. The maximum atomic E-state index is 13.1. The molecule has 10 heteroatoms. The number of carbonyl (C=O) groups excluding carboxylic acids is 1. The van der Waals surface area contributed by atoms with Crippen LogP contribution in [0.1, 0.15) is 11.1 Å². The smallest absolute Gasteiger partial charge is 0.284 e. The number of carbonyl (C=O) groups is 1. The van der Waals surface area contributed by atoms with Crippen LogP contribution >= 0.6 is 27.7 Å². The molecule has 0 spiro atoms. The summed E-state index contributed by atoms with van der Waals surface area (Å²) in [5, 5.41) is 0.0637. The van der Waals surface area contributed by atoms with E-state index in [1.807, 2.05) is 30.3 Å². The molecule has 1 heterocycles. The summed E-state index contributed by atoms with van der Waals surface area (Å²) in [6.07, 6.45) is 3.19. The van der Waals surface area contributed by atoms with Crippen LogP contribution in [0.4, 0.5) is 0 Å². The van der Waals surface area contributed by atoms with Gasteiger partial charge in [0.25, 0.3) is 15.9 Å². The van der Waals surface area contributed by atoms with E-state index in [0.717, 1.165) is 21.8 Å². The highest BCUT2D eigenvalue weighted by Crippen LogP contribution is 2.36. The highest BCUT2D eigenvalue weighted by Gasteiger charge is 2.34. The molecule has 190 valence electrons. The SMILES string of the molecule is C=CCN1C(=O)C(=Cc2ccc(OCc3ccccc3)c(OC)c2)SC1=NS(=O)(=O)c1ccc(Br)cc1. The Hall–Kier alpha value is -3.34. The number of hydrogen-bond acceptors (Lipinski definition) is 6. The van der Waals surface area contributed by atoms with Crippen molar-refractivity contribution in [1.29, 1.82) is 0 Å². The van der Waals surface area contributed by atoms with Gasteiger partial charge < -0.3 is 9.47 Å². The molecular formula is C27H23BrN2O5S2. The normalized spacial score (nSPS) is 15.8. The molecule has 7 nitrogen and oxygen atoms in total. The monoisotopic (exact) mass is 598 g/mol. The maximum Gasteiger partial charge on any atom is 0.284 e. The molecule has 1 amide bonds. The lowest BCUT2D eigenvalue weighted by Crippen LogP contribution is -2.29. The van der Waals surface area contributed by atoms with Gasteiger partial charge in [-0.15, -0.1) is 11.0 Å². The fourth-order valence-corrected chi connectivity index (χ4v) is 5.86. The van der Waals surface area contributed by atoms with Gasteiger partial charge in [-0.2, -0.15) is 8.42 Å². The van der Waals surface area contributed by atoms with Crippen LogP contribution in [0.2, 0.25) is 0 Å². The first-order valence-electron chi connectivity index (χ1n) is 11.1. The number of halogens is 1. The Morgan fingerprint density at radius 3 is 2.46 bits per heavy atom. The molecular weight excluding hydrogens is 576 g/mol. The van der Waals surface area contributed by atoms with Gasteiger partial charge in [-0.3, -0.25) is 9.69 Å². The summed E-state index contributed by atoms with van der Waals surface area (Å²) < 4.78 is 41.9. The van der Waals surface area contributed by atoms with Crippen molar-refractivity contribution in [2.24, 2.45) is 4.40 Å². The van der Waals surface area contributed by atoms with E-state index in [0.29, 0.717) is 28.6 Å². The quantitative estimate of drug-likeness (QED) is 0.226. The fourth-order valence-electron chi connectivity index (χ4n) is 3.41. The van der Waals surface area contributed by atoms with Gasteiger partial charge in [-0.1, -0.05) is 58.4 Å². The lowest BCUT2D eigenvalue weighted by molar-refractivity contribution is -0.121. The second-order valence-corrected chi connectivity index (χ2v) is 11.3. The summed E-state index contributed by atoms with van der Waals surface area (Å²) in [5.74, 6) is 0.712. The van der Waals surface area contributed by atoms with Crippen molar-refractivity contribution in [2.75, 3.05) is 13.7 Å². The van der Waals surface area contributed by atoms with Crippen molar-refractivity contribution in [1.82, 2.24) is 4.90 Å². The molecule has 1 saturated heterocycles. The van der Waals surface area contributed by atoms with Gasteiger partial charge in [-0.05, 0) is 65.4 Å². The molecule has 37 heavy (non-hydrogen) atoms. The number of thioether (sulfide) groups is 1. The number of ether oxygens (including phenoxy) is 2.